The summed E-state index contributed by atoms with van der Waals surface area (Å²) in [7, 11) is 0. The average molecular weight is 390 g/mol. The number of rotatable bonds is 7. The molecule has 0 aliphatic rings. The zero-order valence-corrected chi connectivity index (χ0v) is 15.3. The summed E-state index contributed by atoms with van der Waals surface area (Å²) in [6.07, 6.45) is 0. The molecule has 4 nitrogen and oxygen atoms in total. The Kier molecular flexibility index (Phi) is 5.99. The summed E-state index contributed by atoms with van der Waals surface area (Å²) in [6, 6.07) is 17.2. The maximum absolute atomic E-state index is 10.8. The molecule has 0 amide bonds. The number of hydrogen-bond acceptors (Lipinski definition) is 3. The molecule has 6 heteroatoms. The molecule has 0 bridgehead atoms. The number of nitrogens with one attached hydrogen (secondary N) is 1. The number of ether oxygens (including phenoxy) is 1. The first-order valence-corrected chi connectivity index (χ1v) is 8.80. The monoisotopic (exact) mass is 389 g/mol. The van der Waals surface area contributed by atoms with Gasteiger partial charge in [-0.1, -0.05) is 59.6 Å². The average Bonchev–Trinajstić information content (AvgIpc) is 2.63. The number of benzene rings is 3. The molecule has 3 aromatic rings. The Morgan fingerprint density at radius 2 is 1.85 bits per heavy atom. The summed E-state index contributed by atoms with van der Waals surface area (Å²) in [4.78, 5) is 10.8. The van der Waals surface area contributed by atoms with Gasteiger partial charge in [-0.25, -0.2) is 0 Å². The van der Waals surface area contributed by atoms with E-state index in [0.717, 1.165) is 21.9 Å². The molecule has 134 valence electrons. The lowest BCUT2D eigenvalue weighted by Gasteiger charge is -2.15. The van der Waals surface area contributed by atoms with Crippen LogP contribution in [0.4, 0.5) is 0 Å². The molecule has 0 saturated heterocycles. The van der Waals surface area contributed by atoms with Gasteiger partial charge in [0.15, 0.2) is 0 Å². The fourth-order valence-corrected chi connectivity index (χ4v) is 3.04. The normalized spacial score (nSPS) is 10.8. The third-order valence-corrected chi connectivity index (χ3v) is 4.69. The molecule has 2 N–H and O–H groups in total. The Labute approximate surface area is 161 Å². The van der Waals surface area contributed by atoms with Crippen molar-refractivity contribution in [2.45, 2.75) is 13.2 Å². The van der Waals surface area contributed by atoms with E-state index in [1.807, 2.05) is 42.5 Å². The van der Waals surface area contributed by atoms with Crippen molar-refractivity contribution in [2.75, 3.05) is 6.54 Å². The van der Waals surface area contributed by atoms with Crippen LogP contribution in [0.1, 0.15) is 11.1 Å². The molecule has 0 spiro atoms. The minimum Gasteiger partial charge on any atom is -0.489 e. The Morgan fingerprint density at radius 3 is 2.62 bits per heavy atom. The van der Waals surface area contributed by atoms with Crippen LogP contribution in [0.15, 0.2) is 54.6 Å². The van der Waals surface area contributed by atoms with Crippen LogP contribution in [0.5, 0.6) is 5.75 Å². The van der Waals surface area contributed by atoms with E-state index in [0.29, 0.717) is 28.9 Å². The molecule has 3 aromatic carbocycles. The smallest absolute Gasteiger partial charge is 0.317 e. The van der Waals surface area contributed by atoms with Crippen LogP contribution in [-0.4, -0.2) is 17.6 Å². The van der Waals surface area contributed by atoms with E-state index in [4.69, 9.17) is 33.0 Å². The Balaban J connectivity index is 1.85. The molecule has 0 unspecified atom stereocenters. The summed E-state index contributed by atoms with van der Waals surface area (Å²) in [6.45, 7) is 0.612. The van der Waals surface area contributed by atoms with Crippen molar-refractivity contribution >= 4 is 39.9 Å². The number of aliphatic carboxylic acids is 1. The molecule has 26 heavy (non-hydrogen) atoms. The van der Waals surface area contributed by atoms with Gasteiger partial charge in [0.05, 0.1) is 16.6 Å². The second kappa shape index (κ2) is 8.41. The van der Waals surface area contributed by atoms with E-state index < -0.39 is 5.97 Å². The summed E-state index contributed by atoms with van der Waals surface area (Å²) >= 11 is 12.0. The van der Waals surface area contributed by atoms with Gasteiger partial charge in [0.2, 0.25) is 0 Å². The van der Waals surface area contributed by atoms with Crippen LogP contribution in [0.25, 0.3) is 10.8 Å². The SMILES string of the molecule is O=C(O)CNCc1c(OCc2ccc(Cl)c(Cl)c2)ccc2ccccc12. The third kappa shape index (κ3) is 4.47. The molecular formula is C20H17Cl2NO3. The number of carbonyl (C=O) groups is 1. The predicted molar refractivity (Wildman–Crippen MR) is 104 cm³/mol. The van der Waals surface area contributed by atoms with Crippen LogP contribution in [0, 0.1) is 0 Å². The fourth-order valence-electron chi connectivity index (χ4n) is 2.72. The van der Waals surface area contributed by atoms with Gasteiger partial charge >= 0.3 is 5.97 Å². The van der Waals surface area contributed by atoms with Crippen LogP contribution in [0.3, 0.4) is 0 Å². The van der Waals surface area contributed by atoms with E-state index in [2.05, 4.69) is 5.32 Å². The van der Waals surface area contributed by atoms with E-state index >= 15 is 0 Å². The van der Waals surface area contributed by atoms with E-state index in [-0.39, 0.29) is 6.54 Å². The van der Waals surface area contributed by atoms with Crippen molar-refractivity contribution < 1.29 is 14.6 Å². The molecule has 0 aliphatic carbocycles. The maximum Gasteiger partial charge on any atom is 0.317 e. The molecule has 0 fully saturated rings. The quantitative estimate of drug-likeness (QED) is 0.603. The molecule has 3 rings (SSSR count). The molecule has 0 aliphatic heterocycles. The van der Waals surface area contributed by atoms with Crippen LogP contribution in [-0.2, 0) is 17.9 Å². The van der Waals surface area contributed by atoms with Crippen LogP contribution in [0.2, 0.25) is 10.0 Å². The van der Waals surface area contributed by atoms with E-state index in [1.165, 1.54) is 0 Å². The van der Waals surface area contributed by atoms with Crippen LogP contribution >= 0.6 is 23.2 Å². The van der Waals surface area contributed by atoms with Gasteiger partial charge in [-0.05, 0) is 34.5 Å². The van der Waals surface area contributed by atoms with E-state index in [9.17, 15) is 4.79 Å². The molecular weight excluding hydrogens is 373 g/mol. The molecule has 0 radical (unpaired) electrons. The standard InChI is InChI=1S/C20H17Cl2NO3/c21-17-7-5-13(9-18(17)22)12-26-19-8-6-14-3-1-2-4-15(14)16(19)10-23-11-20(24)25/h1-9,23H,10-12H2,(H,24,25). The summed E-state index contributed by atoms with van der Waals surface area (Å²) in [5.74, 6) is -0.198. The number of carboxylic acids is 1. The Bertz CT molecular complexity index is 943. The Morgan fingerprint density at radius 1 is 1.04 bits per heavy atom. The zero-order chi connectivity index (χ0) is 18.5. The van der Waals surface area contributed by atoms with Gasteiger partial charge < -0.3 is 15.2 Å². The first kappa shape index (κ1) is 18.5. The van der Waals surface area contributed by atoms with E-state index in [1.54, 1.807) is 12.1 Å². The number of hydrogen-bond donors (Lipinski definition) is 2. The lowest BCUT2D eigenvalue weighted by molar-refractivity contribution is -0.136. The fraction of sp³-hybridized carbons (Fsp3) is 0.150. The van der Waals surface area contributed by atoms with Gasteiger partial charge in [-0.15, -0.1) is 0 Å². The number of carboxylic acid groups (broad SMARTS) is 1. The lowest BCUT2D eigenvalue weighted by Crippen LogP contribution is -2.22. The van der Waals surface area contributed by atoms with Crippen molar-refractivity contribution in [1.82, 2.24) is 5.32 Å². The third-order valence-electron chi connectivity index (χ3n) is 3.95. The number of halogens is 2. The summed E-state index contributed by atoms with van der Waals surface area (Å²) in [5.41, 5.74) is 1.82. The Hall–Kier alpha value is -2.27. The molecule has 0 atom stereocenters. The minimum absolute atomic E-state index is 0.116. The first-order valence-electron chi connectivity index (χ1n) is 8.04. The van der Waals surface area contributed by atoms with Gasteiger partial charge in [0.1, 0.15) is 12.4 Å². The topological polar surface area (TPSA) is 58.6 Å². The number of fused-ring (bicyclic) bond motifs is 1. The predicted octanol–water partition coefficient (Wildman–Crippen LogP) is 4.90. The van der Waals surface area contributed by atoms with Crippen molar-refractivity contribution in [3.8, 4) is 5.75 Å². The first-order chi connectivity index (χ1) is 12.5. The van der Waals surface area contributed by atoms with Crippen molar-refractivity contribution in [1.29, 1.82) is 0 Å². The van der Waals surface area contributed by atoms with Gasteiger partial charge in [-0.3, -0.25) is 4.79 Å². The highest BCUT2D eigenvalue weighted by molar-refractivity contribution is 6.42. The van der Waals surface area contributed by atoms with Crippen molar-refractivity contribution in [3.63, 3.8) is 0 Å². The van der Waals surface area contributed by atoms with Crippen molar-refractivity contribution in [3.05, 3.63) is 75.8 Å². The van der Waals surface area contributed by atoms with Crippen molar-refractivity contribution in [2.24, 2.45) is 0 Å². The maximum atomic E-state index is 10.8. The summed E-state index contributed by atoms with van der Waals surface area (Å²) < 4.78 is 5.99. The second-order valence-corrected chi connectivity index (χ2v) is 6.61. The highest BCUT2D eigenvalue weighted by Crippen LogP contribution is 2.29. The molecule has 0 saturated carbocycles. The van der Waals surface area contributed by atoms with Crippen LogP contribution < -0.4 is 10.1 Å². The largest absolute Gasteiger partial charge is 0.489 e. The van der Waals surface area contributed by atoms with Gasteiger partial charge in [0.25, 0.3) is 0 Å². The van der Waals surface area contributed by atoms with Gasteiger partial charge in [0, 0.05) is 12.1 Å². The molecule has 0 aromatic heterocycles. The highest BCUT2D eigenvalue weighted by Gasteiger charge is 2.10. The molecule has 0 heterocycles. The van der Waals surface area contributed by atoms with Gasteiger partial charge in [-0.2, -0.15) is 0 Å². The summed E-state index contributed by atoms with van der Waals surface area (Å²) in [5, 5.41) is 14.9. The highest BCUT2D eigenvalue weighted by atomic mass is 35.5. The second-order valence-electron chi connectivity index (χ2n) is 5.80. The lowest BCUT2D eigenvalue weighted by atomic mass is 10.0. The minimum atomic E-state index is -0.900. The zero-order valence-electron chi connectivity index (χ0n) is 13.8.